The number of benzene rings is 1. The van der Waals surface area contributed by atoms with Gasteiger partial charge >= 0.3 is 5.97 Å². The van der Waals surface area contributed by atoms with Gasteiger partial charge in [0.1, 0.15) is 0 Å². The van der Waals surface area contributed by atoms with Crippen LogP contribution in [0.15, 0.2) is 24.3 Å². The lowest BCUT2D eigenvalue weighted by Gasteiger charge is -2.22. The molecule has 1 unspecified atom stereocenters. The number of carboxylic acid groups (broad SMARTS) is 1. The molecule has 2 amide bonds. The van der Waals surface area contributed by atoms with E-state index in [1.807, 2.05) is 38.1 Å². The number of aryl methyl sites for hydroxylation is 1. The molecule has 24 heavy (non-hydrogen) atoms. The molecular formula is C18H24N2O4. The van der Waals surface area contributed by atoms with E-state index in [0.29, 0.717) is 6.54 Å². The predicted molar refractivity (Wildman–Crippen MR) is 89.2 cm³/mol. The zero-order valence-electron chi connectivity index (χ0n) is 14.3. The van der Waals surface area contributed by atoms with Crippen LogP contribution in [-0.2, 0) is 14.4 Å². The lowest BCUT2D eigenvalue weighted by molar-refractivity contribution is -0.142. The van der Waals surface area contributed by atoms with Gasteiger partial charge in [0, 0.05) is 20.0 Å². The fourth-order valence-electron chi connectivity index (χ4n) is 3.09. The summed E-state index contributed by atoms with van der Waals surface area (Å²) in [7, 11) is 0. The second kappa shape index (κ2) is 7.47. The largest absolute Gasteiger partial charge is 0.481 e. The molecule has 2 rings (SSSR count). The molecule has 1 aliphatic heterocycles. The van der Waals surface area contributed by atoms with Crippen molar-refractivity contribution in [2.75, 3.05) is 13.1 Å². The van der Waals surface area contributed by atoms with Crippen LogP contribution in [0.2, 0.25) is 0 Å². The Kier molecular flexibility index (Phi) is 5.59. The quantitative estimate of drug-likeness (QED) is 0.860. The minimum atomic E-state index is -0.866. The molecule has 3 atom stereocenters. The smallest absolute Gasteiger partial charge is 0.308 e. The van der Waals surface area contributed by atoms with Gasteiger partial charge in [-0.3, -0.25) is 14.4 Å². The summed E-state index contributed by atoms with van der Waals surface area (Å²) in [5, 5.41) is 12.0. The number of amides is 2. The normalized spacial score (nSPS) is 21.4. The van der Waals surface area contributed by atoms with Gasteiger partial charge in [0.15, 0.2) is 0 Å². The second-order valence-electron chi connectivity index (χ2n) is 6.59. The van der Waals surface area contributed by atoms with E-state index in [1.54, 1.807) is 4.90 Å². The maximum absolute atomic E-state index is 12.6. The molecule has 0 saturated carbocycles. The first kappa shape index (κ1) is 18.0. The molecule has 0 bridgehead atoms. The molecular weight excluding hydrogens is 308 g/mol. The average Bonchev–Trinajstić information content (AvgIpc) is 2.89. The van der Waals surface area contributed by atoms with E-state index in [2.05, 4.69) is 5.32 Å². The summed E-state index contributed by atoms with van der Waals surface area (Å²) < 4.78 is 0. The van der Waals surface area contributed by atoms with Crippen molar-refractivity contribution in [3.63, 3.8) is 0 Å². The summed E-state index contributed by atoms with van der Waals surface area (Å²) in [6.07, 6.45) is 0.127. The Balaban J connectivity index is 2.09. The number of nitrogens with one attached hydrogen (secondary N) is 1. The Morgan fingerprint density at radius 3 is 2.38 bits per heavy atom. The van der Waals surface area contributed by atoms with Gasteiger partial charge in [-0.05, 0) is 18.4 Å². The van der Waals surface area contributed by atoms with E-state index in [-0.39, 0.29) is 30.7 Å². The average molecular weight is 332 g/mol. The number of carbonyl (C=O) groups is 3. The Labute approximate surface area is 141 Å². The lowest BCUT2D eigenvalue weighted by atomic mass is 9.99. The predicted octanol–water partition coefficient (Wildman–Crippen LogP) is 1.74. The Bertz CT molecular complexity index is 626. The first-order chi connectivity index (χ1) is 11.3. The number of nitrogens with zero attached hydrogens (tertiary/aromatic N) is 1. The van der Waals surface area contributed by atoms with Crippen molar-refractivity contribution in [3.8, 4) is 0 Å². The van der Waals surface area contributed by atoms with Crippen LogP contribution in [-0.4, -0.2) is 40.9 Å². The summed E-state index contributed by atoms with van der Waals surface area (Å²) >= 11 is 0. The van der Waals surface area contributed by atoms with Crippen molar-refractivity contribution < 1.29 is 19.5 Å². The number of aliphatic carboxylic acids is 1. The molecule has 1 saturated heterocycles. The SMILES string of the molecule is CC(=O)NC(CC(=O)N1C[C@@H](C)[C@H](C(=O)O)C1)c1ccc(C)cc1. The summed E-state index contributed by atoms with van der Waals surface area (Å²) in [6.45, 7) is 5.91. The zero-order chi connectivity index (χ0) is 17.9. The van der Waals surface area contributed by atoms with E-state index in [4.69, 9.17) is 0 Å². The standard InChI is InChI=1S/C18H24N2O4/c1-11-4-6-14(7-5-11)16(19-13(3)21)8-17(22)20-9-12(2)15(10-20)18(23)24/h4-7,12,15-16H,8-10H2,1-3H3,(H,19,21)(H,23,24)/t12-,15-,16?/m1/s1. The molecule has 1 aromatic rings. The number of hydrogen-bond donors (Lipinski definition) is 2. The number of rotatable bonds is 5. The molecule has 6 heteroatoms. The van der Waals surface area contributed by atoms with Crippen LogP contribution in [0.4, 0.5) is 0 Å². The molecule has 1 aromatic carbocycles. The number of hydrogen-bond acceptors (Lipinski definition) is 3. The Morgan fingerprint density at radius 2 is 1.88 bits per heavy atom. The third-order valence-corrected chi connectivity index (χ3v) is 4.52. The van der Waals surface area contributed by atoms with Gasteiger partial charge in [0.2, 0.25) is 11.8 Å². The first-order valence-electron chi connectivity index (χ1n) is 8.12. The molecule has 0 aromatic heterocycles. The van der Waals surface area contributed by atoms with Crippen molar-refractivity contribution in [1.29, 1.82) is 0 Å². The fraction of sp³-hybridized carbons (Fsp3) is 0.500. The van der Waals surface area contributed by atoms with Gasteiger partial charge in [-0.25, -0.2) is 0 Å². The minimum Gasteiger partial charge on any atom is -0.481 e. The van der Waals surface area contributed by atoms with Crippen LogP contribution in [0.3, 0.4) is 0 Å². The van der Waals surface area contributed by atoms with E-state index < -0.39 is 17.9 Å². The van der Waals surface area contributed by atoms with Crippen LogP contribution >= 0.6 is 0 Å². The van der Waals surface area contributed by atoms with Crippen LogP contribution in [0.25, 0.3) is 0 Å². The van der Waals surface area contributed by atoms with E-state index in [9.17, 15) is 19.5 Å². The van der Waals surface area contributed by atoms with Crippen molar-refractivity contribution >= 4 is 17.8 Å². The van der Waals surface area contributed by atoms with E-state index >= 15 is 0 Å². The second-order valence-corrected chi connectivity index (χ2v) is 6.59. The summed E-state index contributed by atoms with van der Waals surface area (Å²) in [4.78, 5) is 36.8. The van der Waals surface area contributed by atoms with Gasteiger partial charge in [-0.15, -0.1) is 0 Å². The van der Waals surface area contributed by atoms with Crippen molar-refractivity contribution in [2.45, 2.75) is 33.2 Å². The monoisotopic (exact) mass is 332 g/mol. The highest BCUT2D eigenvalue weighted by Gasteiger charge is 2.37. The van der Waals surface area contributed by atoms with Crippen molar-refractivity contribution in [3.05, 3.63) is 35.4 Å². The maximum Gasteiger partial charge on any atom is 0.308 e. The molecule has 130 valence electrons. The van der Waals surface area contributed by atoms with Crippen LogP contribution in [0.5, 0.6) is 0 Å². The van der Waals surface area contributed by atoms with Crippen molar-refractivity contribution in [1.82, 2.24) is 10.2 Å². The van der Waals surface area contributed by atoms with E-state index in [1.165, 1.54) is 6.92 Å². The third-order valence-electron chi connectivity index (χ3n) is 4.52. The molecule has 1 fully saturated rings. The molecule has 0 aliphatic carbocycles. The summed E-state index contributed by atoms with van der Waals surface area (Å²) in [6, 6.07) is 7.26. The third kappa shape index (κ3) is 4.34. The molecule has 0 radical (unpaired) electrons. The van der Waals surface area contributed by atoms with Crippen molar-refractivity contribution in [2.24, 2.45) is 11.8 Å². The van der Waals surface area contributed by atoms with Crippen LogP contribution in [0, 0.1) is 18.8 Å². The summed E-state index contributed by atoms with van der Waals surface area (Å²) in [5.41, 5.74) is 1.97. The van der Waals surface area contributed by atoms with Crippen LogP contribution in [0.1, 0.15) is 37.4 Å². The topological polar surface area (TPSA) is 86.7 Å². The maximum atomic E-state index is 12.6. The highest BCUT2D eigenvalue weighted by molar-refractivity contribution is 5.81. The number of carbonyl (C=O) groups excluding carboxylic acids is 2. The van der Waals surface area contributed by atoms with E-state index in [0.717, 1.165) is 11.1 Å². The van der Waals surface area contributed by atoms with Crippen LogP contribution < -0.4 is 5.32 Å². The zero-order valence-corrected chi connectivity index (χ0v) is 14.3. The van der Waals surface area contributed by atoms with Gasteiger partial charge in [0.25, 0.3) is 0 Å². The number of carboxylic acids is 1. The van der Waals surface area contributed by atoms with Gasteiger partial charge in [-0.2, -0.15) is 0 Å². The lowest BCUT2D eigenvalue weighted by Crippen LogP contribution is -2.35. The highest BCUT2D eigenvalue weighted by Crippen LogP contribution is 2.26. The fourth-order valence-corrected chi connectivity index (χ4v) is 3.09. The van der Waals surface area contributed by atoms with Gasteiger partial charge < -0.3 is 15.3 Å². The molecule has 1 aliphatic rings. The molecule has 1 heterocycles. The minimum absolute atomic E-state index is 0.0648. The Hall–Kier alpha value is -2.37. The Morgan fingerprint density at radius 1 is 1.25 bits per heavy atom. The highest BCUT2D eigenvalue weighted by atomic mass is 16.4. The first-order valence-corrected chi connectivity index (χ1v) is 8.12. The number of likely N-dealkylation sites (tertiary alicyclic amines) is 1. The molecule has 2 N–H and O–H groups in total. The summed E-state index contributed by atoms with van der Waals surface area (Å²) in [5.74, 6) is -1.79. The molecule has 0 spiro atoms. The van der Waals surface area contributed by atoms with Gasteiger partial charge in [-0.1, -0.05) is 36.8 Å². The molecule has 6 nitrogen and oxygen atoms in total. The van der Waals surface area contributed by atoms with Gasteiger partial charge in [0.05, 0.1) is 18.4 Å².